The zero-order valence-electron chi connectivity index (χ0n) is 14.3. The van der Waals surface area contributed by atoms with Crippen LogP contribution in [0.5, 0.6) is 0 Å². The summed E-state index contributed by atoms with van der Waals surface area (Å²) in [6.45, 7) is 10.1. The van der Waals surface area contributed by atoms with Crippen LogP contribution in [0.3, 0.4) is 0 Å². The summed E-state index contributed by atoms with van der Waals surface area (Å²) in [4.78, 5) is 14.7. The van der Waals surface area contributed by atoms with Crippen LogP contribution >= 0.6 is 12.4 Å². The topological polar surface area (TPSA) is 50.2 Å². The van der Waals surface area contributed by atoms with Gasteiger partial charge in [0.25, 0.3) is 5.91 Å². The van der Waals surface area contributed by atoms with E-state index in [0.717, 1.165) is 43.6 Å². The second-order valence-electron chi connectivity index (χ2n) is 6.80. The number of carbonyl (C=O) groups excluding carboxylic acids is 1. The van der Waals surface area contributed by atoms with Crippen LogP contribution in [0, 0.1) is 0 Å². The van der Waals surface area contributed by atoms with E-state index in [4.69, 9.17) is 0 Å². The highest BCUT2D eigenvalue weighted by Crippen LogP contribution is 2.22. The number of amides is 1. The third-order valence-corrected chi connectivity index (χ3v) is 4.26. The minimum absolute atomic E-state index is 0. The van der Waals surface area contributed by atoms with E-state index < -0.39 is 0 Å². The van der Waals surface area contributed by atoms with Crippen molar-refractivity contribution in [2.45, 2.75) is 58.5 Å². The number of nitrogens with one attached hydrogen (secondary N) is 1. The average molecular weight is 329 g/mol. The number of hydrogen-bond donors (Lipinski definition) is 1. The number of rotatable bonds is 3. The van der Waals surface area contributed by atoms with Crippen LogP contribution in [0.15, 0.2) is 6.20 Å². The van der Waals surface area contributed by atoms with Gasteiger partial charge in [0, 0.05) is 19.1 Å². The first-order valence-electron chi connectivity index (χ1n) is 7.92. The standard InChI is InChI=1S/C16H28N4O.ClH/c1-6-14-13(11-18-20(14)16(2,3)4)15(21)19-9-7-12(17-5)8-10-19;/h11-12,17H,6-10H2,1-5H3;1H. The van der Waals surface area contributed by atoms with Gasteiger partial charge >= 0.3 is 0 Å². The van der Waals surface area contributed by atoms with Gasteiger partial charge in [0.05, 0.1) is 23.0 Å². The molecule has 1 N–H and O–H groups in total. The monoisotopic (exact) mass is 328 g/mol. The van der Waals surface area contributed by atoms with Crippen molar-refractivity contribution < 1.29 is 4.79 Å². The molecule has 0 aromatic carbocycles. The van der Waals surface area contributed by atoms with E-state index in [9.17, 15) is 4.79 Å². The van der Waals surface area contributed by atoms with Crippen molar-refractivity contribution in [2.24, 2.45) is 0 Å². The maximum absolute atomic E-state index is 12.8. The molecule has 0 saturated carbocycles. The molecule has 0 radical (unpaired) electrons. The lowest BCUT2D eigenvalue weighted by Gasteiger charge is -2.32. The third kappa shape index (κ3) is 3.82. The third-order valence-electron chi connectivity index (χ3n) is 4.26. The number of piperidine rings is 1. The molecule has 1 aliphatic rings. The van der Waals surface area contributed by atoms with Gasteiger partial charge in [0.15, 0.2) is 0 Å². The molecular weight excluding hydrogens is 300 g/mol. The van der Waals surface area contributed by atoms with Gasteiger partial charge in [-0.15, -0.1) is 12.4 Å². The maximum atomic E-state index is 12.8. The molecule has 0 aliphatic carbocycles. The van der Waals surface area contributed by atoms with E-state index in [1.807, 2.05) is 16.6 Å². The minimum Gasteiger partial charge on any atom is -0.338 e. The van der Waals surface area contributed by atoms with E-state index >= 15 is 0 Å². The van der Waals surface area contributed by atoms with Crippen molar-refractivity contribution in [1.29, 1.82) is 0 Å². The largest absolute Gasteiger partial charge is 0.338 e. The molecule has 1 aromatic heterocycles. The first-order chi connectivity index (χ1) is 9.88. The maximum Gasteiger partial charge on any atom is 0.257 e. The molecule has 1 fully saturated rings. The predicted molar refractivity (Wildman–Crippen MR) is 91.8 cm³/mol. The van der Waals surface area contributed by atoms with Crippen molar-refractivity contribution in [3.8, 4) is 0 Å². The highest BCUT2D eigenvalue weighted by Gasteiger charge is 2.28. The first-order valence-corrected chi connectivity index (χ1v) is 7.92. The molecule has 1 aliphatic heterocycles. The number of likely N-dealkylation sites (tertiary alicyclic amines) is 1. The smallest absolute Gasteiger partial charge is 0.257 e. The fraction of sp³-hybridized carbons (Fsp3) is 0.750. The molecule has 1 amide bonds. The van der Waals surface area contributed by atoms with Gasteiger partial charge in [-0.2, -0.15) is 5.10 Å². The average Bonchev–Trinajstić information content (AvgIpc) is 2.90. The molecule has 0 unspecified atom stereocenters. The van der Waals surface area contributed by atoms with Crippen LogP contribution in [0.4, 0.5) is 0 Å². The van der Waals surface area contributed by atoms with Crippen LogP contribution in [0.1, 0.15) is 56.6 Å². The van der Waals surface area contributed by atoms with Crippen molar-refractivity contribution >= 4 is 18.3 Å². The van der Waals surface area contributed by atoms with Crippen LogP contribution in [-0.4, -0.2) is 46.8 Å². The van der Waals surface area contributed by atoms with E-state index in [0.29, 0.717) is 6.04 Å². The molecular formula is C16H29ClN4O. The summed E-state index contributed by atoms with van der Waals surface area (Å²) in [5.41, 5.74) is 1.72. The lowest BCUT2D eigenvalue weighted by molar-refractivity contribution is 0.0706. The quantitative estimate of drug-likeness (QED) is 0.927. The lowest BCUT2D eigenvalue weighted by Crippen LogP contribution is -2.44. The van der Waals surface area contributed by atoms with E-state index in [1.165, 1.54) is 0 Å². The lowest BCUT2D eigenvalue weighted by atomic mass is 10.0. The summed E-state index contributed by atoms with van der Waals surface area (Å²) in [7, 11) is 1.99. The first kappa shape index (κ1) is 19.0. The molecule has 0 spiro atoms. The van der Waals surface area contributed by atoms with Gasteiger partial charge in [-0.1, -0.05) is 6.92 Å². The van der Waals surface area contributed by atoms with Crippen LogP contribution in [0.25, 0.3) is 0 Å². The fourth-order valence-corrected chi connectivity index (χ4v) is 3.01. The Kier molecular flexibility index (Phi) is 6.44. The molecule has 2 heterocycles. The second-order valence-corrected chi connectivity index (χ2v) is 6.80. The van der Waals surface area contributed by atoms with Gasteiger partial charge in [-0.3, -0.25) is 9.48 Å². The molecule has 6 heteroatoms. The Labute approximate surface area is 139 Å². The Morgan fingerprint density at radius 3 is 2.41 bits per heavy atom. The summed E-state index contributed by atoms with van der Waals surface area (Å²) < 4.78 is 1.99. The Morgan fingerprint density at radius 1 is 1.36 bits per heavy atom. The second kappa shape index (κ2) is 7.47. The van der Waals surface area contributed by atoms with Crippen LogP contribution < -0.4 is 5.32 Å². The van der Waals surface area contributed by atoms with Crippen molar-refractivity contribution in [2.75, 3.05) is 20.1 Å². The van der Waals surface area contributed by atoms with Crippen molar-refractivity contribution in [3.63, 3.8) is 0 Å². The van der Waals surface area contributed by atoms with Gasteiger partial charge in [-0.25, -0.2) is 0 Å². The van der Waals surface area contributed by atoms with Gasteiger partial charge in [0.1, 0.15) is 0 Å². The zero-order valence-corrected chi connectivity index (χ0v) is 15.2. The molecule has 1 saturated heterocycles. The summed E-state index contributed by atoms with van der Waals surface area (Å²) in [5.74, 6) is 0.136. The van der Waals surface area contributed by atoms with Crippen LogP contribution in [0.2, 0.25) is 0 Å². The number of halogens is 1. The summed E-state index contributed by atoms with van der Waals surface area (Å²) in [6.07, 6.45) is 4.62. The Balaban J connectivity index is 0.00000242. The molecule has 126 valence electrons. The van der Waals surface area contributed by atoms with E-state index in [1.54, 1.807) is 6.20 Å². The number of nitrogens with zero attached hydrogens (tertiary/aromatic N) is 3. The molecule has 0 bridgehead atoms. The Morgan fingerprint density at radius 2 is 1.95 bits per heavy atom. The van der Waals surface area contributed by atoms with Crippen molar-refractivity contribution in [1.82, 2.24) is 20.0 Å². The number of hydrogen-bond acceptors (Lipinski definition) is 3. The summed E-state index contributed by atoms with van der Waals surface area (Å²) >= 11 is 0. The molecule has 0 atom stereocenters. The molecule has 5 nitrogen and oxygen atoms in total. The van der Waals surface area contributed by atoms with Crippen molar-refractivity contribution in [3.05, 3.63) is 17.5 Å². The molecule has 22 heavy (non-hydrogen) atoms. The predicted octanol–water partition coefficient (Wildman–Crippen LogP) is 2.45. The number of carbonyl (C=O) groups is 1. The zero-order chi connectivity index (χ0) is 15.6. The fourth-order valence-electron chi connectivity index (χ4n) is 3.01. The highest BCUT2D eigenvalue weighted by molar-refractivity contribution is 5.95. The summed E-state index contributed by atoms with van der Waals surface area (Å²) in [6, 6.07) is 0.539. The number of aromatic nitrogens is 2. The van der Waals surface area contributed by atoms with Gasteiger partial charge in [-0.05, 0) is 47.1 Å². The van der Waals surface area contributed by atoms with Gasteiger partial charge in [0.2, 0.25) is 0 Å². The minimum atomic E-state index is -0.0942. The summed E-state index contributed by atoms with van der Waals surface area (Å²) in [5, 5.41) is 7.76. The Bertz CT molecular complexity index is 499. The SMILES string of the molecule is CCc1c(C(=O)N2CCC(NC)CC2)cnn1C(C)(C)C.Cl. The molecule has 1 aromatic rings. The van der Waals surface area contributed by atoms with E-state index in [-0.39, 0.29) is 23.9 Å². The Hall–Kier alpha value is -1.07. The van der Waals surface area contributed by atoms with Gasteiger partial charge < -0.3 is 10.2 Å². The normalized spacial score (nSPS) is 16.5. The molecule has 2 rings (SSSR count). The van der Waals surface area contributed by atoms with E-state index in [2.05, 4.69) is 38.1 Å². The van der Waals surface area contributed by atoms with Crippen LogP contribution in [-0.2, 0) is 12.0 Å². The highest BCUT2D eigenvalue weighted by atomic mass is 35.5.